The van der Waals surface area contributed by atoms with Crippen LogP contribution in [0.15, 0.2) is 42.5 Å². The summed E-state index contributed by atoms with van der Waals surface area (Å²) >= 11 is 3.44. The van der Waals surface area contributed by atoms with Crippen molar-refractivity contribution in [3.63, 3.8) is 0 Å². The van der Waals surface area contributed by atoms with Crippen LogP contribution in [0, 0.1) is 23.1 Å². The van der Waals surface area contributed by atoms with Crippen molar-refractivity contribution in [3.8, 4) is 0 Å². The van der Waals surface area contributed by atoms with Crippen molar-refractivity contribution in [2.45, 2.75) is 57.4 Å². The minimum absolute atomic E-state index is 0.0388. The second-order valence-electron chi connectivity index (χ2n) is 15.3. The van der Waals surface area contributed by atoms with Crippen LogP contribution in [0.5, 0.6) is 0 Å². The zero-order valence-corrected chi connectivity index (χ0v) is 33.9. The van der Waals surface area contributed by atoms with Gasteiger partial charge in [0.15, 0.2) is 0 Å². The molecule has 2 atom stereocenters. The van der Waals surface area contributed by atoms with Crippen LogP contribution in [-0.4, -0.2) is 138 Å². The number of rotatable bonds is 11. The Kier molecular flexibility index (Phi) is 16.0. The fourth-order valence-corrected chi connectivity index (χ4v) is 8.46. The lowest BCUT2D eigenvalue weighted by Gasteiger charge is -2.40. The summed E-state index contributed by atoms with van der Waals surface area (Å²) in [5.74, 6) is -0.647. The van der Waals surface area contributed by atoms with Gasteiger partial charge in [0.25, 0.3) is 5.91 Å². The molecule has 4 fully saturated rings. The van der Waals surface area contributed by atoms with E-state index in [2.05, 4.69) is 30.5 Å². The number of halogens is 1. The van der Waals surface area contributed by atoms with Crippen LogP contribution >= 0.6 is 20.7 Å². The number of piperazine rings is 2. The first kappa shape index (κ1) is 42.7. The molecule has 3 heterocycles. The number of amides is 4. The molecular formula is C40H58FN8O4PS. The predicted octanol–water partition coefficient (Wildman–Crippen LogP) is 3.29. The van der Waals surface area contributed by atoms with Crippen molar-refractivity contribution < 1.29 is 23.6 Å². The van der Waals surface area contributed by atoms with Gasteiger partial charge in [-0.25, -0.2) is 4.39 Å². The summed E-state index contributed by atoms with van der Waals surface area (Å²) in [5, 5.41) is 8.55. The van der Waals surface area contributed by atoms with Crippen LogP contribution in [0.2, 0.25) is 0 Å². The van der Waals surface area contributed by atoms with Crippen molar-refractivity contribution in [1.82, 2.24) is 24.5 Å². The molecule has 0 bridgehead atoms. The fraction of sp³-hybridized carbons (Fsp3) is 0.575. The molecule has 15 heteroatoms. The van der Waals surface area contributed by atoms with Gasteiger partial charge in [0.05, 0.1) is 18.2 Å². The van der Waals surface area contributed by atoms with Crippen molar-refractivity contribution in [1.29, 1.82) is 5.41 Å². The standard InChI is InChI=1S/C40H55FN8O4.H3PS/c41-34-11-10-29(25-35(42)31-8-4-5-9-32(31)38(44)51)24-33(34)39(52)49-22-20-47(21-23-49)36(50)27-46-18-16-45(17-19-46)26-28-12-14-48(15-13-28)40(53)37(43)30-6-2-1-3-7-30;1-2/h4-5,8-11,24,28,30,37,42H,1-3,6-7,12-23,25-27,43H2,(H2,44,51);2H,1H2. The van der Waals surface area contributed by atoms with Crippen molar-refractivity contribution >= 4 is 50.0 Å². The quantitative estimate of drug-likeness (QED) is 0.154. The number of piperidine rings is 1. The third-order valence-electron chi connectivity index (χ3n) is 11.8. The molecule has 2 aromatic rings. The highest BCUT2D eigenvalue weighted by molar-refractivity contribution is 8.31. The van der Waals surface area contributed by atoms with Crippen LogP contribution in [0.3, 0.4) is 0 Å². The van der Waals surface area contributed by atoms with Crippen LogP contribution in [0.1, 0.15) is 76.8 Å². The normalized spacial score (nSPS) is 19.7. The Bertz CT molecular complexity index is 1660. The van der Waals surface area contributed by atoms with Gasteiger partial charge in [-0.2, -0.15) is 12.2 Å². The molecule has 6 rings (SSSR count). The number of nitrogens with two attached hydrogens (primary N) is 2. The second-order valence-corrected chi connectivity index (χ2v) is 15.3. The minimum Gasteiger partial charge on any atom is -0.366 e. The lowest BCUT2D eigenvalue weighted by Crippen LogP contribution is -2.55. The van der Waals surface area contributed by atoms with Gasteiger partial charge in [0, 0.05) is 95.3 Å². The summed E-state index contributed by atoms with van der Waals surface area (Å²) in [5.41, 5.74) is 13.2. The Morgan fingerprint density at radius 3 is 2.00 bits per heavy atom. The van der Waals surface area contributed by atoms with E-state index in [1.807, 2.05) is 4.90 Å². The van der Waals surface area contributed by atoms with Crippen molar-refractivity contribution in [3.05, 3.63) is 70.5 Å². The smallest absolute Gasteiger partial charge is 0.256 e. The molecule has 4 aliphatic rings. The van der Waals surface area contributed by atoms with E-state index >= 15 is 0 Å². The number of primary amides is 1. The summed E-state index contributed by atoms with van der Waals surface area (Å²) in [7, 11) is 2.11. The number of thiol groups is 1. The van der Waals surface area contributed by atoms with Gasteiger partial charge in [-0.3, -0.25) is 24.1 Å². The molecule has 3 saturated heterocycles. The molecule has 12 nitrogen and oxygen atoms in total. The number of carbonyl (C=O) groups excluding carboxylic acids is 4. The minimum atomic E-state index is -0.643. The molecule has 0 radical (unpaired) electrons. The number of benzene rings is 2. The maximum absolute atomic E-state index is 14.9. The monoisotopic (exact) mass is 796 g/mol. The summed E-state index contributed by atoms with van der Waals surface area (Å²) in [6.07, 6.45) is 7.89. The molecule has 3 aliphatic heterocycles. The average Bonchev–Trinajstić information content (AvgIpc) is 3.22. The maximum Gasteiger partial charge on any atom is 0.256 e. The Morgan fingerprint density at radius 1 is 0.764 bits per heavy atom. The topological polar surface area (TPSA) is 160 Å². The summed E-state index contributed by atoms with van der Waals surface area (Å²) in [4.78, 5) is 61.6. The van der Waals surface area contributed by atoms with Gasteiger partial charge in [0.2, 0.25) is 17.7 Å². The summed E-state index contributed by atoms with van der Waals surface area (Å²) in [6.45, 7) is 7.76. The van der Waals surface area contributed by atoms with Gasteiger partial charge in [0.1, 0.15) is 5.82 Å². The average molecular weight is 797 g/mol. The number of nitrogens with one attached hydrogen (secondary N) is 1. The van der Waals surface area contributed by atoms with Crippen molar-refractivity contribution in [2.24, 2.45) is 23.3 Å². The molecular weight excluding hydrogens is 739 g/mol. The molecule has 300 valence electrons. The Labute approximate surface area is 332 Å². The number of likely N-dealkylation sites (tertiary alicyclic amines) is 1. The first-order valence-corrected chi connectivity index (χ1v) is 21.7. The Balaban J connectivity index is 0.00000285. The second kappa shape index (κ2) is 20.7. The number of nitrogens with zero attached hydrogens (tertiary/aromatic N) is 5. The predicted molar refractivity (Wildman–Crippen MR) is 220 cm³/mol. The third-order valence-corrected chi connectivity index (χ3v) is 11.8. The molecule has 1 saturated carbocycles. The van der Waals surface area contributed by atoms with E-state index < -0.39 is 17.6 Å². The SMILES string of the molecule is N=C(Cc1ccc(F)c(C(=O)N2CCN(C(=O)CN3CCN(CC4CCN(C(=O)C(N)C5CCCCC5)CC4)CC3)CC2)c1)c1ccccc1C(N)=O.PS. The van der Waals surface area contributed by atoms with Gasteiger partial charge in [-0.05, 0) is 61.3 Å². The van der Waals surface area contributed by atoms with E-state index in [1.54, 1.807) is 34.1 Å². The molecule has 5 N–H and O–H groups in total. The highest BCUT2D eigenvalue weighted by Gasteiger charge is 2.33. The molecule has 55 heavy (non-hydrogen) atoms. The lowest BCUT2D eigenvalue weighted by molar-refractivity contribution is -0.136. The molecule has 2 unspecified atom stereocenters. The Morgan fingerprint density at radius 2 is 1.36 bits per heavy atom. The summed E-state index contributed by atoms with van der Waals surface area (Å²) < 4.78 is 14.9. The van der Waals surface area contributed by atoms with E-state index in [0.29, 0.717) is 55.7 Å². The van der Waals surface area contributed by atoms with E-state index in [1.165, 1.54) is 37.5 Å². The zero-order chi connectivity index (χ0) is 39.5. The highest BCUT2D eigenvalue weighted by Crippen LogP contribution is 2.28. The number of hydrogen-bond acceptors (Lipinski definition) is 9. The van der Waals surface area contributed by atoms with E-state index in [-0.39, 0.29) is 41.1 Å². The number of carbonyl (C=O) groups is 4. The van der Waals surface area contributed by atoms with Crippen LogP contribution < -0.4 is 11.5 Å². The number of hydrogen-bond donors (Lipinski definition) is 4. The largest absolute Gasteiger partial charge is 0.366 e. The Hall–Kier alpha value is -3.42. The van der Waals surface area contributed by atoms with Crippen LogP contribution in [0.25, 0.3) is 0 Å². The molecule has 2 aromatic carbocycles. The van der Waals surface area contributed by atoms with Gasteiger partial charge in [-0.1, -0.05) is 52.0 Å². The van der Waals surface area contributed by atoms with Gasteiger partial charge < -0.3 is 36.5 Å². The van der Waals surface area contributed by atoms with Crippen LogP contribution in [0.4, 0.5) is 4.39 Å². The fourth-order valence-electron chi connectivity index (χ4n) is 8.46. The molecule has 0 aromatic heterocycles. The maximum atomic E-state index is 14.9. The first-order valence-electron chi connectivity index (χ1n) is 19.6. The molecule has 4 amide bonds. The third kappa shape index (κ3) is 11.3. The van der Waals surface area contributed by atoms with E-state index in [4.69, 9.17) is 16.9 Å². The zero-order valence-electron chi connectivity index (χ0n) is 31.8. The summed E-state index contributed by atoms with van der Waals surface area (Å²) in [6, 6.07) is 10.5. The van der Waals surface area contributed by atoms with Crippen molar-refractivity contribution in [2.75, 3.05) is 78.5 Å². The van der Waals surface area contributed by atoms with E-state index in [9.17, 15) is 23.6 Å². The highest BCUT2D eigenvalue weighted by atomic mass is 32.7. The van der Waals surface area contributed by atoms with Gasteiger partial charge in [-0.15, -0.1) is 0 Å². The first-order chi connectivity index (χ1) is 26.6. The van der Waals surface area contributed by atoms with E-state index in [0.717, 1.165) is 71.5 Å². The molecule has 1 aliphatic carbocycles. The van der Waals surface area contributed by atoms with Gasteiger partial charge >= 0.3 is 0 Å². The lowest BCUT2D eigenvalue weighted by atomic mass is 9.83. The van der Waals surface area contributed by atoms with Crippen LogP contribution in [-0.2, 0) is 16.0 Å². The molecule has 0 spiro atoms.